The lowest BCUT2D eigenvalue weighted by atomic mass is 9.95. The van der Waals surface area contributed by atoms with Crippen molar-refractivity contribution in [2.75, 3.05) is 0 Å². The molecule has 1 atom stereocenters. The quantitative estimate of drug-likeness (QED) is 0.486. The SMILES string of the molecule is CCCC(C)c1c(CC)nn2c(-c3cc(F)c(Cl)cc3Cl)ccnc12. The molecule has 0 saturated heterocycles. The molecular formula is C19H20Cl2FN3. The average molecular weight is 380 g/mol. The highest BCUT2D eigenvalue weighted by Gasteiger charge is 2.21. The second-order valence-corrected chi connectivity index (χ2v) is 7.03. The first-order valence-corrected chi connectivity index (χ1v) is 9.24. The molecule has 3 rings (SSSR count). The van der Waals surface area contributed by atoms with E-state index < -0.39 is 5.82 Å². The summed E-state index contributed by atoms with van der Waals surface area (Å²) in [6.45, 7) is 6.45. The van der Waals surface area contributed by atoms with Crippen LogP contribution in [-0.4, -0.2) is 14.6 Å². The lowest BCUT2D eigenvalue weighted by Crippen LogP contribution is -1.99. The zero-order chi connectivity index (χ0) is 18.1. The third-order valence-electron chi connectivity index (χ3n) is 4.47. The molecule has 3 nitrogen and oxygen atoms in total. The van der Waals surface area contributed by atoms with Crippen molar-refractivity contribution in [2.24, 2.45) is 0 Å². The van der Waals surface area contributed by atoms with Gasteiger partial charge in [-0.25, -0.2) is 13.9 Å². The highest BCUT2D eigenvalue weighted by atomic mass is 35.5. The Balaban J connectivity index is 2.27. The monoisotopic (exact) mass is 379 g/mol. The predicted molar refractivity (Wildman–Crippen MR) is 101 cm³/mol. The molecule has 0 fully saturated rings. The van der Waals surface area contributed by atoms with Crippen molar-refractivity contribution < 1.29 is 4.39 Å². The second-order valence-electron chi connectivity index (χ2n) is 6.22. The summed E-state index contributed by atoms with van der Waals surface area (Å²) in [4.78, 5) is 4.55. The van der Waals surface area contributed by atoms with Gasteiger partial charge >= 0.3 is 0 Å². The number of aryl methyl sites for hydroxylation is 1. The molecular weight excluding hydrogens is 360 g/mol. The summed E-state index contributed by atoms with van der Waals surface area (Å²) in [5.41, 5.74) is 4.25. The van der Waals surface area contributed by atoms with Gasteiger partial charge in [-0.2, -0.15) is 5.10 Å². The van der Waals surface area contributed by atoms with Gasteiger partial charge in [0.05, 0.1) is 21.4 Å². The molecule has 0 spiro atoms. The lowest BCUT2D eigenvalue weighted by Gasteiger charge is -2.11. The first kappa shape index (κ1) is 18.2. The van der Waals surface area contributed by atoms with Crippen LogP contribution in [0.25, 0.3) is 16.9 Å². The minimum atomic E-state index is -0.506. The molecule has 2 heterocycles. The topological polar surface area (TPSA) is 30.2 Å². The van der Waals surface area contributed by atoms with E-state index in [0.29, 0.717) is 22.2 Å². The third kappa shape index (κ3) is 3.25. The Morgan fingerprint density at radius 3 is 2.64 bits per heavy atom. The van der Waals surface area contributed by atoms with Gasteiger partial charge in [-0.05, 0) is 37.0 Å². The zero-order valence-electron chi connectivity index (χ0n) is 14.5. The Morgan fingerprint density at radius 1 is 1.20 bits per heavy atom. The molecule has 25 heavy (non-hydrogen) atoms. The van der Waals surface area contributed by atoms with Crippen LogP contribution in [0.5, 0.6) is 0 Å². The summed E-state index contributed by atoms with van der Waals surface area (Å²) in [5, 5.41) is 5.13. The molecule has 0 saturated carbocycles. The van der Waals surface area contributed by atoms with Gasteiger partial charge in [0.15, 0.2) is 5.65 Å². The molecule has 0 amide bonds. The predicted octanol–water partition coefficient (Wildman–Crippen LogP) is 6.31. The highest BCUT2D eigenvalue weighted by Crippen LogP contribution is 2.34. The molecule has 0 aliphatic heterocycles. The van der Waals surface area contributed by atoms with E-state index in [2.05, 4.69) is 25.8 Å². The molecule has 1 unspecified atom stereocenters. The van der Waals surface area contributed by atoms with Crippen molar-refractivity contribution in [2.45, 2.75) is 46.0 Å². The summed E-state index contributed by atoms with van der Waals surface area (Å²) in [5.74, 6) is -0.147. The number of fused-ring (bicyclic) bond motifs is 1. The van der Waals surface area contributed by atoms with Gasteiger partial charge in [-0.1, -0.05) is 50.4 Å². The molecule has 0 N–H and O–H groups in total. The minimum Gasteiger partial charge on any atom is -0.237 e. The van der Waals surface area contributed by atoms with E-state index in [9.17, 15) is 4.39 Å². The molecule has 6 heteroatoms. The van der Waals surface area contributed by atoms with Crippen molar-refractivity contribution in [3.05, 3.63) is 51.5 Å². The number of aromatic nitrogens is 3. The van der Waals surface area contributed by atoms with E-state index in [4.69, 9.17) is 28.3 Å². The van der Waals surface area contributed by atoms with Gasteiger partial charge < -0.3 is 0 Å². The number of hydrogen-bond acceptors (Lipinski definition) is 2. The van der Waals surface area contributed by atoms with Crippen molar-refractivity contribution in [1.29, 1.82) is 0 Å². The molecule has 132 valence electrons. The maximum atomic E-state index is 14.0. The van der Waals surface area contributed by atoms with Crippen LogP contribution in [0.2, 0.25) is 10.0 Å². The smallest absolute Gasteiger partial charge is 0.159 e. The van der Waals surface area contributed by atoms with Gasteiger partial charge in [-0.15, -0.1) is 0 Å². The number of rotatable bonds is 5. The van der Waals surface area contributed by atoms with Crippen molar-refractivity contribution in [1.82, 2.24) is 14.6 Å². The normalized spacial score (nSPS) is 12.7. The maximum Gasteiger partial charge on any atom is 0.159 e. The molecule has 2 aromatic heterocycles. The summed E-state index contributed by atoms with van der Waals surface area (Å²) in [7, 11) is 0. The van der Waals surface area contributed by atoms with Gasteiger partial charge in [0.1, 0.15) is 5.82 Å². The molecule has 0 bridgehead atoms. The van der Waals surface area contributed by atoms with Crippen molar-refractivity contribution in [3.63, 3.8) is 0 Å². The Morgan fingerprint density at radius 2 is 1.96 bits per heavy atom. The summed E-state index contributed by atoms with van der Waals surface area (Å²) < 4.78 is 15.8. The van der Waals surface area contributed by atoms with E-state index in [1.54, 1.807) is 16.8 Å². The van der Waals surface area contributed by atoms with Crippen molar-refractivity contribution in [3.8, 4) is 11.3 Å². The molecule has 0 radical (unpaired) electrons. The number of hydrogen-bond donors (Lipinski definition) is 0. The van der Waals surface area contributed by atoms with Gasteiger partial charge in [-0.3, -0.25) is 0 Å². The van der Waals surface area contributed by atoms with Crippen LogP contribution in [0, 0.1) is 5.82 Å². The number of nitrogens with zero attached hydrogens (tertiary/aromatic N) is 3. The zero-order valence-corrected chi connectivity index (χ0v) is 16.0. The lowest BCUT2D eigenvalue weighted by molar-refractivity contribution is 0.628. The van der Waals surface area contributed by atoms with Crippen LogP contribution >= 0.6 is 23.2 Å². The third-order valence-corrected chi connectivity index (χ3v) is 5.07. The van der Waals surface area contributed by atoms with E-state index in [0.717, 1.165) is 36.2 Å². The Hall–Kier alpha value is -1.65. The maximum absolute atomic E-state index is 14.0. The Kier molecular flexibility index (Phi) is 5.30. The molecule has 0 aliphatic rings. The minimum absolute atomic E-state index is 0.00557. The van der Waals surface area contributed by atoms with E-state index in [1.807, 2.05) is 0 Å². The van der Waals surface area contributed by atoms with Gasteiger partial charge in [0, 0.05) is 17.3 Å². The van der Waals surface area contributed by atoms with Crippen LogP contribution in [0.1, 0.15) is 50.8 Å². The van der Waals surface area contributed by atoms with Crippen molar-refractivity contribution >= 4 is 28.8 Å². The summed E-state index contributed by atoms with van der Waals surface area (Å²) in [6, 6.07) is 4.56. The van der Waals surface area contributed by atoms with Crippen LogP contribution in [0.3, 0.4) is 0 Å². The second kappa shape index (κ2) is 7.30. The Bertz CT molecular complexity index is 921. The average Bonchev–Trinajstić information content (AvgIpc) is 2.97. The van der Waals surface area contributed by atoms with E-state index >= 15 is 0 Å². The first-order chi connectivity index (χ1) is 12.0. The Labute approximate surface area is 156 Å². The van der Waals surface area contributed by atoms with Gasteiger partial charge in [0.25, 0.3) is 0 Å². The fraction of sp³-hybridized carbons (Fsp3) is 0.368. The standard InChI is InChI=1S/C19H20Cl2FN3/c1-4-6-11(3)18-16(5-2)24-25-17(7-8-23-19(18)25)12-9-15(22)14(21)10-13(12)20/h7-11H,4-6H2,1-3H3. The fourth-order valence-electron chi connectivity index (χ4n) is 3.27. The molecule has 1 aromatic carbocycles. The fourth-order valence-corrected chi connectivity index (χ4v) is 3.75. The highest BCUT2D eigenvalue weighted by molar-refractivity contribution is 6.36. The summed E-state index contributed by atoms with van der Waals surface area (Å²) >= 11 is 12.1. The van der Waals surface area contributed by atoms with Gasteiger partial charge in [0.2, 0.25) is 0 Å². The molecule has 3 aromatic rings. The van der Waals surface area contributed by atoms with Crippen LogP contribution in [0.4, 0.5) is 4.39 Å². The number of benzene rings is 1. The van der Waals surface area contributed by atoms with Crippen LogP contribution in [0.15, 0.2) is 24.4 Å². The molecule has 0 aliphatic carbocycles. The summed E-state index contributed by atoms with van der Waals surface area (Å²) in [6.07, 6.45) is 4.69. The van der Waals surface area contributed by atoms with E-state index in [-0.39, 0.29) is 5.02 Å². The largest absolute Gasteiger partial charge is 0.237 e. The van der Waals surface area contributed by atoms with Crippen LogP contribution in [-0.2, 0) is 6.42 Å². The first-order valence-electron chi connectivity index (χ1n) is 8.49. The van der Waals surface area contributed by atoms with Crippen LogP contribution < -0.4 is 0 Å². The van der Waals surface area contributed by atoms with E-state index in [1.165, 1.54) is 12.1 Å². The number of halogens is 3.